The largest absolute Gasteiger partial charge is 0.494 e. The van der Waals surface area contributed by atoms with Gasteiger partial charge in [0.15, 0.2) is 0 Å². The number of fused-ring (bicyclic) bond motifs is 1. The lowest BCUT2D eigenvalue weighted by molar-refractivity contribution is -0.141. The molecule has 0 bridgehead atoms. The maximum absolute atomic E-state index is 13.0. The van der Waals surface area contributed by atoms with Crippen LogP contribution >= 0.6 is 0 Å². The number of nitrogens with one attached hydrogen (secondary N) is 1. The molecule has 0 saturated carbocycles. The van der Waals surface area contributed by atoms with Gasteiger partial charge in [-0.25, -0.2) is 4.98 Å². The Balaban J connectivity index is 1.56. The molecule has 0 unspecified atom stereocenters. The number of benzene rings is 1. The van der Waals surface area contributed by atoms with E-state index in [9.17, 15) is 18.0 Å². The van der Waals surface area contributed by atoms with Crippen molar-refractivity contribution in [1.82, 2.24) is 19.7 Å². The van der Waals surface area contributed by atoms with Gasteiger partial charge in [0, 0.05) is 36.3 Å². The predicted octanol–water partition coefficient (Wildman–Crippen LogP) is 5.15. The lowest BCUT2D eigenvalue weighted by Gasteiger charge is -2.40. The summed E-state index contributed by atoms with van der Waals surface area (Å²) < 4.78 is 46.2. The number of alkyl halides is 3. The van der Waals surface area contributed by atoms with Crippen molar-refractivity contribution in [2.45, 2.75) is 51.4 Å². The van der Waals surface area contributed by atoms with Crippen molar-refractivity contribution in [3.05, 3.63) is 47.9 Å². The predicted molar refractivity (Wildman–Crippen MR) is 123 cm³/mol. The van der Waals surface area contributed by atoms with E-state index < -0.39 is 17.8 Å². The molecule has 1 fully saturated rings. The third-order valence-corrected chi connectivity index (χ3v) is 6.15. The van der Waals surface area contributed by atoms with Crippen LogP contribution in [0.4, 0.5) is 18.9 Å². The van der Waals surface area contributed by atoms with Gasteiger partial charge < -0.3 is 10.1 Å². The van der Waals surface area contributed by atoms with Gasteiger partial charge >= 0.3 is 6.18 Å². The van der Waals surface area contributed by atoms with Gasteiger partial charge in [0.2, 0.25) is 0 Å². The van der Waals surface area contributed by atoms with Crippen LogP contribution < -0.4 is 10.1 Å². The minimum Gasteiger partial charge on any atom is -0.494 e. The van der Waals surface area contributed by atoms with E-state index in [1.807, 2.05) is 10.9 Å². The normalized spacial score (nSPS) is 16.1. The molecule has 4 rings (SSSR count). The number of carbonyl (C=O) groups is 1. The molecule has 0 aliphatic carbocycles. The quantitative estimate of drug-likeness (QED) is 0.565. The van der Waals surface area contributed by atoms with Gasteiger partial charge in [-0.1, -0.05) is 6.07 Å². The van der Waals surface area contributed by atoms with Gasteiger partial charge in [0.05, 0.1) is 24.4 Å². The van der Waals surface area contributed by atoms with Crippen LogP contribution in [0, 0.1) is 0 Å². The van der Waals surface area contributed by atoms with Crippen LogP contribution in [0.3, 0.4) is 0 Å². The first-order valence-electron chi connectivity index (χ1n) is 11.1. The summed E-state index contributed by atoms with van der Waals surface area (Å²) in [5, 5.41) is 8.14. The highest BCUT2D eigenvalue weighted by atomic mass is 19.4. The smallest absolute Gasteiger partial charge is 0.433 e. The first kappa shape index (κ1) is 24.0. The molecule has 182 valence electrons. The molecular formula is C24H28F3N5O2. The lowest BCUT2D eigenvalue weighted by Crippen LogP contribution is -2.46. The number of hydrogen-bond donors (Lipinski definition) is 1. The van der Waals surface area contributed by atoms with Gasteiger partial charge in [-0.2, -0.15) is 18.3 Å². The number of methoxy groups -OCH3 is 1. The average molecular weight is 476 g/mol. The number of nitrogens with zero attached hydrogens (tertiary/aromatic N) is 4. The molecule has 1 aromatic carbocycles. The SMILES string of the molecule is COc1cc2nn(C3CCN(C(C)(C)C)CC3)cc2cc1NC(=O)c1cccc(C(F)(F)F)n1. The molecule has 0 spiro atoms. The summed E-state index contributed by atoms with van der Waals surface area (Å²) in [5.74, 6) is -0.397. The van der Waals surface area contributed by atoms with Crippen LogP contribution in [-0.2, 0) is 6.18 Å². The Bertz CT molecular complexity index is 1190. The summed E-state index contributed by atoms with van der Waals surface area (Å²) in [7, 11) is 1.46. The minimum atomic E-state index is -4.63. The third kappa shape index (κ3) is 5.01. The molecule has 10 heteroatoms. The highest BCUT2D eigenvalue weighted by Gasteiger charge is 2.33. The Morgan fingerprint density at radius 2 is 1.85 bits per heavy atom. The standard InChI is InChI=1S/C24H28F3N5O2/c1-23(2,3)31-10-8-16(9-11-31)32-14-15-12-19(20(34-4)13-18(15)30-32)29-22(33)17-6-5-7-21(28-17)24(25,26)27/h5-7,12-14,16H,8-11H2,1-4H3,(H,29,33). The average Bonchev–Trinajstić information content (AvgIpc) is 3.20. The molecule has 7 nitrogen and oxygen atoms in total. The van der Waals surface area contributed by atoms with Crippen molar-refractivity contribution in [1.29, 1.82) is 0 Å². The van der Waals surface area contributed by atoms with E-state index in [0.717, 1.165) is 43.5 Å². The molecule has 1 aliphatic heterocycles. The second-order valence-electron chi connectivity index (χ2n) is 9.47. The molecule has 0 radical (unpaired) electrons. The summed E-state index contributed by atoms with van der Waals surface area (Å²) in [4.78, 5) is 18.6. The molecule has 34 heavy (non-hydrogen) atoms. The molecule has 3 heterocycles. The highest BCUT2D eigenvalue weighted by molar-refractivity contribution is 6.05. The Kier molecular flexibility index (Phi) is 6.28. The zero-order valence-electron chi connectivity index (χ0n) is 19.6. The molecule has 0 atom stereocenters. The molecule has 1 saturated heterocycles. The van der Waals surface area contributed by atoms with Crippen LogP contribution in [0.5, 0.6) is 5.75 Å². The number of carbonyl (C=O) groups excluding carboxylic acids is 1. The number of halogens is 3. The summed E-state index contributed by atoms with van der Waals surface area (Å²) in [6.07, 6.45) is -0.741. The second kappa shape index (κ2) is 8.90. The van der Waals surface area contributed by atoms with Crippen molar-refractivity contribution < 1.29 is 22.7 Å². The number of likely N-dealkylation sites (tertiary alicyclic amines) is 1. The summed E-state index contributed by atoms with van der Waals surface area (Å²) in [6.45, 7) is 8.61. The van der Waals surface area contributed by atoms with E-state index in [1.54, 1.807) is 12.1 Å². The Labute approximate surface area is 195 Å². The van der Waals surface area contributed by atoms with Gasteiger partial charge in [0.25, 0.3) is 5.91 Å². The highest BCUT2D eigenvalue weighted by Crippen LogP contribution is 2.33. The Morgan fingerprint density at radius 3 is 2.47 bits per heavy atom. The summed E-state index contributed by atoms with van der Waals surface area (Å²) in [5.41, 5.74) is -0.277. The fourth-order valence-corrected chi connectivity index (χ4v) is 4.23. The molecule has 1 amide bonds. The number of piperidine rings is 1. The molecule has 2 aromatic heterocycles. The van der Waals surface area contributed by atoms with E-state index in [4.69, 9.17) is 9.84 Å². The Hall–Kier alpha value is -3.14. The number of rotatable bonds is 4. The topological polar surface area (TPSA) is 72.3 Å². The second-order valence-corrected chi connectivity index (χ2v) is 9.47. The summed E-state index contributed by atoms with van der Waals surface area (Å²) in [6, 6.07) is 6.91. The van der Waals surface area contributed by atoms with Crippen molar-refractivity contribution in [2.75, 3.05) is 25.5 Å². The number of amides is 1. The first-order valence-corrected chi connectivity index (χ1v) is 11.1. The number of ether oxygens (including phenoxy) is 1. The van der Waals surface area contributed by atoms with Crippen LogP contribution in [0.15, 0.2) is 36.5 Å². The van der Waals surface area contributed by atoms with Gasteiger partial charge in [-0.3, -0.25) is 14.4 Å². The zero-order valence-corrected chi connectivity index (χ0v) is 19.6. The van der Waals surface area contributed by atoms with Crippen molar-refractivity contribution in [2.24, 2.45) is 0 Å². The fraction of sp³-hybridized carbons (Fsp3) is 0.458. The summed E-state index contributed by atoms with van der Waals surface area (Å²) >= 11 is 0. The number of anilines is 1. The molecule has 1 aliphatic rings. The van der Waals surface area contributed by atoms with Crippen molar-refractivity contribution >= 4 is 22.5 Å². The molecule has 3 aromatic rings. The van der Waals surface area contributed by atoms with E-state index >= 15 is 0 Å². The number of pyridine rings is 1. The Morgan fingerprint density at radius 1 is 1.15 bits per heavy atom. The van der Waals surface area contributed by atoms with Gasteiger partial charge in [-0.05, 0) is 51.8 Å². The first-order chi connectivity index (χ1) is 16.0. The maximum Gasteiger partial charge on any atom is 0.433 e. The molecular weight excluding hydrogens is 447 g/mol. The lowest BCUT2D eigenvalue weighted by atomic mass is 9.98. The van der Waals surface area contributed by atoms with Gasteiger partial charge in [0.1, 0.15) is 17.1 Å². The number of aromatic nitrogens is 3. The fourth-order valence-electron chi connectivity index (χ4n) is 4.23. The van der Waals surface area contributed by atoms with Crippen molar-refractivity contribution in [3.63, 3.8) is 0 Å². The van der Waals surface area contributed by atoms with E-state index in [-0.39, 0.29) is 17.3 Å². The van der Waals surface area contributed by atoms with E-state index in [0.29, 0.717) is 17.0 Å². The third-order valence-electron chi connectivity index (χ3n) is 6.15. The van der Waals surface area contributed by atoms with Crippen LogP contribution in [0.2, 0.25) is 0 Å². The van der Waals surface area contributed by atoms with Gasteiger partial charge in [-0.15, -0.1) is 0 Å². The zero-order chi connectivity index (χ0) is 24.7. The minimum absolute atomic E-state index is 0.134. The molecule has 1 N–H and O–H groups in total. The number of hydrogen-bond acceptors (Lipinski definition) is 5. The van der Waals surface area contributed by atoms with Crippen LogP contribution in [0.1, 0.15) is 55.8 Å². The maximum atomic E-state index is 13.0. The van der Waals surface area contributed by atoms with E-state index in [1.165, 1.54) is 13.2 Å². The van der Waals surface area contributed by atoms with Crippen molar-refractivity contribution in [3.8, 4) is 5.75 Å². The van der Waals surface area contributed by atoms with E-state index in [2.05, 4.69) is 36.0 Å². The monoisotopic (exact) mass is 475 g/mol. The van der Waals surface area contributed by atoms with Crippen LogP contribution in [-0.4, -0.2) is 51.3 Å². The van der Waals surface area contributed by atoms with Crippen LogP contribution in [0.25, 0.3) is 10.9 Å².